The smallest absolute Gasteiger partial charge is 0.169 e. The largest absolute Gasteiger partial charge is 0.379 e. The maximum atomic E-state index is 10.4. The quantitative estimate of drug-likeness (QED) is 0.670. The Hall–Kier alpha value is -1.16. The molecule has 4 nitrogen and oxygen atoms in total. The fraction of sp³-hybridized carbons (Fsp3) is 0.600. The second kappa shape index (κ2) is 4.37. The Morgan fingerprint density at radius 2 is 2.36 bits per heavy atom. The molecule has 4 heteroatoms. The lowest BCUT2D eigenvalue weighted by molar-refractivity contribution is 0.0120. The van der Waals surface area contributed by atoms with Crippen molar-refractivity contribution in [1.82, 2.24) is 9.55 Å². The van der Waals surface area contributed by atoms with Crippen LogP contribution in [-0.2, 0) is 11.3 Å². The lowest BCUT2D eigenvalue weighted by atomic mass is 10.1. The van der Waals surface area contributed by atoms with Crippen LogP contribution in [0, 0.1) is 0 Å². The number of carbonyl (C=O) groups is 1. The Morgan fingerprint density at radius 1 is 1.64 bits per heavy atom. The molecular weight excluding hydrogens is 180 g/mol. The lowest BCUT2D eigenvalue weighted by Gasteiger charge is -2.22. The molecule has 0 N–H and O–H groups in total. The minimum Gasteiger partial charge on any atom is -0.379 e. The molecule has 1 rings (SSSR count). The van der Waals surface area contributed by atoms with Gasteiger partial charge >= 0.3 is 0 Å². The second-order valence-corrected chi connectivity index (χ2v) is 3.87. The zero-order valence-electron chi connectivity index (χ0n) is 8.86. The zero-order chi connectivity index (χ0) is 10.6. The van der Waals surface area contributed by atoms with Crippen molar-refractivity contribution in [2.24, 2.45) is 0 Å². The van der Waals surface area contributed by atoms with Crippen molar-refractivity contribution in [1.29, 1.82) is 0 Å². The Kier molecular flexibility index (Phi) is 3.41. The number of hydrogen-bond acceptors (Lipinski definition) is 3. The molecule has 1 heterocycles. The Morgan fingerprint density at radius 3 is 2.86 bits per heavy atom. The molecular formula is C10H16N2O2. The van der Waals surface area contributed by atoms with E-state index in [1.807, 2.05) is 18.4 Å². The van der Waals surface area contributed by atoms with Crippen LogP contribution in [0.1, 0.15) is 30.8 Å². The van der Waals surface area contributed by atoms with Crippen LogP contribution in [0.25, 0.3) is 0 Å². The van der Waals surface area contributed by atoms with Gasteiger partial charge in [-0.1, -0.05) is 0 Å². The first-order valence-corrected chi connectivity index (χ1v) is 4.59. The van der Waals surface area contributed by atoms with Gasteiger partial charge in [-0.05, 0) is 20.3 Å². The zero-order valence-corrected chi connectivity index (χ0v) is 8.86. The van der Waals surface area contributed by atoms with Gasteiger partial charge in [0, 0.05) is 19.9 Å². The molecule has 0 saturated heterocycles. The number of carbonyl (C=O) groups excluding carboxylic acids is 1. The van der Waals surface area contributed by atoms with E-state index in [4.69, 9.17) is 4.74 Å². The number of ether oxygens (including phenoxy) is 1. The molecule has 0 radical (unpaired) electrons. The van der Waals surface area contributed by atoms with Crippen molar-refractivity contribution in [3.05, 3.63) is 18.2 Å². The molecule has 0 atom stereocenters. The third-order valence-electron chi connectivity index (χ3n) is 2.30. The average molecular weight is 196 g/mol. The maximum Gasteiger partial charge on any atom is 0.169 e. The molecule has 0 saturated carbocycles. The lowest BCUT2D eigenvalue weighted by Crippen LogP contribution is -2.24. The van der Waals surface area contributed by atoms with Crippen molar-refractivity contribution >= 4 is 6.29 Å². The van der Waals surface area contributed by atoms with E-state index in [1.54, 1.807) is 19.6 Å². The number of aldehydes is 1. The fourth-order valence-electron chi connectivity index (χ4n) is 1.06. The minimum absolute atomic E-state index is 0.133. The summed E-state index contributed by atoms with van der Waals surface area (Å²) in [6.07, 6.45) is 5.03. The maximum absolute atomic E-state index is 10.4. The summed E-state index contributed by atoms with van der Waals surface area (Å²) < 4.78 is 7.18. The number of rotatable bonds is 5. The molecule has 0 spiro atoms. The van der Waals surface area contributed by atoms with Crippen LogP contribution in [0.15, 0.2) is 12.5 Å². The molecule has 1 aromatic heterocycles. The fourth-order valence-corrected chi connectivity index (χ4v) is 1.06. The highest BCUT2D eigenvalue weighted by Crippen LogP contribution is 2.13. The van der Waals surface area contributed by atoms with Gasteiger partial charge in [-0.25, -0.2) is 4.98 Å². The Bertz CT molecular complexity index is 305. The molecule has 0 fully saturated rings. The molecule has 0 aromatic carbocycles. The van der Waals surface area contributed by atoms with Gasteiger partial charge in [0.2, 0.25) is 0 Å². The topological polar surface area (TPSA) is 44.1 Å². The van der Waals surface area contributed by atoms with E-state index in [0.717, 1.165) is 19.3 Å². The average Bonchev–Trinajstić information content (AvgIpc) is 2.63. The number of methoxy groups -OCH3 is 1. The van der Waals surface area contributed by atoms with Crippen molar-refractivity contribution in [2.45, 2.75) is 32.4 Å². The molecule has 0 unspecified atom stereocenters. The highest BCUT2D eigenvalue weighted by molar-refractivity contribution is 5.70. The van der Waals surface area contributed by atoms with E-state index in [9.17, 15) is 4.79 Å². The summed E-state index contributed by atoms with van der Waals surface area (Å²) in [6, 6.07) is 0. The number of nitrogens with zero attached hydrogens (tertiary/aromatic N) is 2. The van der Waals surface area contributed by atoms with Gasteiger partial charge in [-0.3, -0.25) is 4.79 Å². The van der Waals surface area contributed by atoms with E-state index < -0.39 is 0 Å². The van der Waals surface area contributed by atoms with E-state index >= 15 is 0 Å². The van der Waals surface area contributed by atoms with Crippen LogP contribution in [-0.4, -0.2) is 28.5 Å². The van der Waals surface area contributed by atoms with Crippen LogP contribution < -0.4 is 0 Å². The Labute approximate surface area is 83.9 Å². The van der Waals surface area contributed by atoms with Crippen molar-refractivity contribution < 1.29 is 9.53 Å². The normalized spacial score (nSPS) is 11.6. The summed E-state index contributed by atoms with van der Waals surface area (Å²) in [4.78, 5) is 14.3. The Balaban J connectivity index is 2.49. The predicted octanol–water partition coefficient (Wildman–Crippen LogP) is 1.51. The molecule has 0 aliphatic carbocycles. The number of aromatic nitrogens is 2. The summed E-state index contributed by atoms with van der Waals surface area (Å²) >= 11 is 0. The molecule has 78 valence electrons. The molecule has 0 aliphatic heterocycles. The van der Waals surface area contributed by atoms with Crippen molar-refractivity contribution in [3.8, 4) is 0 Å². The second-order valence-electron chi connectivity index (χ2n) is 3.87. The van der Waals surface area contributed by atoms with Gasteiger partial charge in [-0.2, -0.15) is 0 Å². The predicted molar refractivity (Wildman–Crippen MR) is 53.3 cm³/mol. The molecule has 0 bridgehead atoms. The van der Waals surface area contributed by atoms with Crippen molar-refractivity contribution in [2.75, 3.05) is 7.11 Å². The monoisotopic (exact) mass is 196 g/mol. The first kappa shape index (κ1) is 10.9. The highest BCUT2D eigenvalue weighted by atomic mass is 16.5. The van der Waals surface area contributed by atoms with Gasteiger partial charge in [-0.15, -0.1) is 0 Å². The van der Waals surface area contributed by atoms with E-state index in [0.29, 0.717) is 5.69 Å². The number of aryl methyl sites for hydroxylation is 1. The number of hydrogen-bond donors (Lipinski definition) is 0. The van der Waals surface area contributed by atoms with Crippen LogP contribution in [0.4, 0.5) is 0 Å². The SMILES string of the molecule is COC(C)(C)CCn1cnc(C=O)c1. The van der Waals surface area contributed by atoms with Gasteiger partial charge in [0.1, 0.15) is 5.69 Å². The molecule has 14 heavy (non-hydrogen) atoms. The van der Waals surface area contributed by atoms with Gasteiger partial charge < -0.3 is 9.30 Å². The summed E-state index contributed by atoms with van der Waals surface area (Å²) in [7, 11) is 1.70. The third kappa shape index (κ3) is 2.96. The molecule has 0 aliphatic rings. The highest BCUT2D eigenvalue weighted by Gasteiger charge is 2.15. The summed E-state index contributed by atoms with van der Waals surface area (Å²) in [5.74, 6) is 0. The summed E-state index contributed by atoms with van der Waals surface area (Å²) in [6.45, 7) is 4.87. The van der Waals surface area contributed by atoms with E-state index in [-0.39, 0.29) is 5.60 Å². The summed E-state index contributed by atoms with van der Waals surface area (Å²) in [5.41, 5.74) is 0.339. The van der Waals surface area contributed by atoms with Crippen molar-refractivity contribution in [3.63, 3.8) is 0 Å². The van der Waals surface area contributed by atoms with Crippen LogP contribution in [0.5, 0.6) is 0 Å². The van der Waals surface area contributed by atoms with Crippen LogP contribution in [0.3, 0.4) is 0 Å². The minimum atomic E-state index is -0.133. The van der Waals surface area contributed by atoms with E-state index in [1.165, 1.54) is 0 Å². The van der Waals surface area contributed by atoms with Crippen LogP contribution in [0.2, 0.25) is 0 Å². The molecule has 1 aromatic rings. The molecule has 0 amide bonds. The van der Waals surface area contributed by atoms with Gasteiger partial charge in [0.15, 0.2) is 6.29 Å². The van der Waals surface area contributed by atoms with Crippen LogP contribution >= 0.6 is 0 Å². The van der Waals surface area contributed by atoms with Gasteiger partial charge in [0.05, 0.1) is 11.9 Å². The van der Waals surface area contributed by atoms with Gasteiger partial charge in [0.25, 0.3) is 0 Å². The first-order valence-electron chi connectivity index (χ1n) is 4.59. The summed E-state index contributed by atoms with van der Waals surface area (Å²) in [5, 5.41) is 0. The standard InChI is InChI=1S/C10H16N2O2/c1-10(2,14-3)4-5-12-6-9(7-13)11-8-12/h6-8H,4-5H2,1-3H3. The first-order chi connectivity index (χ1) is 6.57. The third-order valence-corrected chi connectivity index (χ3v) is 2.30. The number of imidazole rings is 1. The van der Waals surface area contributed by atoms with E-state index in [2.05, 4.69) is 4.98 Å².